The molecule has 0 spiro atoms. The highest BCUT2D eigenvalue weighted by atomic mass is 16.5. The van der Waals surface area contributed by atoms with E-state index in [9.17, 15) is 14.4 Å². The summed E-state index contributed by atoms with van der Waals surface area (Å²) in [6, 6.07) is 8.60. The number of hydrogen-bond donors (Lipinski definition) is 4. The molecule has 2 heterocycles. The minimum atomic E-state index is -1.03. The summed E-state index contributed by atoms with van der Waals surface area (Å²) in [7, 11) is 4.71. The Kier molecular flexibility index (Phi) is 9.82. The molecule has 1 aliphatic rings. The average molecular weight is 592 g/mol. The quantitative estimate of drug-likeness (QED) is 0.277. The number of fused-ring (bicyclic) bond motifs is 1. The Hall–Kier alpha value is -4.29. The van der Waals surface area contributed by atoms with Gasteiger partial charge in [0.15, 0.2) is 0 Å². The van der Waals surface area contributed by atoms with Crippen LogP contribution in [0, 0.1) is 5.41 Å². The Labute approximate surface area is 251 Å². The molecule has 3 atom stereocenters. The van der Waals surface area contributed by atoms with Crippen molar-refractivity contribution in [2.24, 2.45) is 5.41 Å². The van der Waals surface area contributed by atoms with Crippen LogP contribution in [0.2, 0.25) is 0 Å². The van der Waals surface area contributed by atoms with Gasteiger partial charge in [0.25, 0.3) is 11.8 Å². The van der Waals surface area contributed by atoms with Gasteiger partial charge >= 0.3 is 0 Å². The minimum Gasteiger partial charge on any atom is -0.495 e. The lowest BCUT2D eigenvalue weighted by atomic mass is 9.85. The molecule has 230 valence electrons. The topological polar surface area (TPSA) is 147 Å². The number of carbonyl (C=O) groups excluding carboxylic acids is 3. The number of likely N-dealkylation sites (N-methyl/N-ethyl adjacent to an activating group) is 1. The standard InChI is InChI=1S/C31H41N7O5/c1-18(32-5)28(39)37-26(31(2,3)4)30(41)38(29(40)21-12-10-14-33-21)23-15-19-22(16-25(23)43-7)34-17-35-27(19)36-20-11-8-9-13-24(20)42-6/h8-9,11,13,15-18,21,26,32-33H,10,12,14H2,1-7H3,(H,37,39)(H,34,35,36)/t18-,21-,26+/m0/s1. The molecule has 12 nitrogen and oxygen atoms in total. The second-order valence-corrected chi connectivity index (χ2v) is 11.6. The normalized spacial score (nSPS) is 16.3. The second kappa shape index (κ2) is 13.3. The van der Waals surface area contributed by atoms with Crippen molar-refractivity contribution in [2.75, 3.05) is 38.0 Å². The monoisotopic (exact) mass is 591 g/mol. The van der Waals surface area contributed by atoms with E-state index in [1.807, 2.05) is 45.0 Å². The predicted octanol–water partition coefficient (Wildman–Crippen LogP) is 3.14. The lowest BCUT2D eigenvalue weighted by Crippen LogP contribution is -2.60. The van der Waals surface area contributed by atoms with Crippen LogP contribution in [0.25, 0.3) is 10.9 Å². The molecule has 0 radical (unpaired) electrons. The number of methoxy groups -OCH3 is 2. The van der Waals surface area contributed by atoms with Crippen LogP contribution in [0.15, 0.2) is 42.7 Å². The zero-order valence-electron chi connectivity index (χ0n) is 25.8. The number of amides is 3. The number of rotatable bonds is 10. The summed E-state index contributed by atoms with van der Waals surface area (Å²) in [4.78, 5) is 51.7. The summed E-state index contributed by atoms with van der Waals surface area (Å²) in [6.07, 6.45) is 2.79. The number of hydrogen-bond acceptors (Lipinski definition) is 10. The number of aromatic nitrogens is 2. The molecule has 0 unspecified atom stereocenters. The summed E-state index contributed by atoms with van der Waals surface area (Å²) in [6.45, 7) is 7.89. The smallest absolute Gasteiger partial charge is 0.257 e. The first-order valence-electron chi connectivity index (χ1n) is 14.3. The summed E-state index contributed by atoms with van der Waals surface area (Å²) < 4.78 is 11.2. The molecule has 1 aliphatic heterocycles. The molecular formula is C31H41N7O5. The summed E-state index contributed by atoms with van der Waals surface area (Å²) in [5.74, 6) is -0.0262. The molecule has 43 heavy (non-hydrogen) atoms. The number of anilines is 3. The Morgan fingerprint density at radius 2 is 1.79 bits per heavy atom. The molecule has 4 N–H and O–H groups in total. The van der Waals surface area contributed by atoms with Crippen molar-refractivity contribution in [1.29, 1.82) is 0 Å². The number of imide groups is 1. The van der Waals surface area contributed by atoms with E-state index < -0.39 is 35.4 Å². The van der Waals surface area contributed by atoms with Crippen molar-refractivity contribution >= 4 is 45.8 Å². The van der Waals surface area contributed by atoms with Gasteiger partial charge in [0.2, 0.25) is 5.91 Å². The van der Waals surface area contributed by atoms with Crippen LogP contribution in [0.3, 0.4) is 0 Å². The summed E-state index contributed by atoms with van der Waals surface area (Å²) >= 11 is 0. The van der Waals surface area contributed by atoms with Crippen LogP contribution in [0.1, 0.15) is 40.5 Å². The Morgan fingerprint density at radius 3 is 2.42 bits per heavy atom. The van der Waals surface area contributed by atoms with Gasteiger partial charge in [-0.15, -0.1) is 0 Å². The maximum absolute atomic E-state index is 14.5. The first-order chi connectivity index (χ1) is 20.5. The van der Waals surface area contributed by atoms with E-state index >= 15 is 0 Å². The van der Waals surface area contributed by atoms with Gasteiger partial charge in [-0.3, -0.25) is 14.4 Å². The van der Waals surface area contributed by atoms with Gasteiger partial charge in [0.05, 0.1) is 43.2 Å². The number of nitrogens with one attached hydrogen (secondary N) is 4. The molecule has 0 aliphatic carbocycles. The number of ether oxygens (including phenoxy) is 2. The molecule has 3 amide bonds. The highest BCUT2D eigenvalue weighted by Crippen LogP contribution is 2.38. The number of para-hydroxylation sites is 2. The molecule has 12 heteroatoms. The maximum atomic E-state index is 14.5. The van der Waals surface area contributed by atoms with Crippen molar-refractivity contribution < 1.29 is 23.9 Å². The maximum Gasteiger partial charge on any atom is 0.257 e. The van der Waals surface area contributed by atoms with Crippen LogP contribution in [-0.4, -0.2) is 73.6 Å². The fraction of sp³-hybridized carbons (Fsp3) is 0.452. The van der Waals surface area contributed by atoms with E-state index in [0.717, 1.165) is 11.3 Å². The predicted molar refractivity (Wildman–Crippen MR) is 166 cm³/mol. The van der Waals surface area contributed by atoms with Gasteiger partial charge in [-0.25, -0.2) is 14.9 Å². The third-order valence-corrected chi connectivity index (χ3v) is 7.56. The molecule has 1 saturated heterocycles. The van der Waals surface area contributed by atoms with E-state index in [1.165, 1.54) is 13.4 Å². The highest BCUT2D eigenvalue weighted by molar-refractivity contribution is 6.20. The Bertz CT molecular complexity index is 1480. The molecule has 4 rings (SSSR count). The Morgan fingerprint density at radius 1 is 1.07 bits per heavy atom. The summed E-state index contributed by atoms with van der Waals surface area (Å²) in [5, 5.41) is 12.8. The van der Waals surface area contributed by atoms with Crippen molar-refractivity contribution in [3.63, 3.8) is 0 Å². The second-order valence-electron chi connectivity index (χ2n) is 11.6. The van der Waals surface area contributed by atoms with Crippen molar-refractivity contribution in [2.45, 2.75) is 58.7 Å². The molecule has 2 aromatic carbocycles. The number of nitrogens with zero attached hydrogens (tertiary/aromatic N) is 3. The van der Waals surface area contributed by atoms with Crippen LogP contribution in [-0.2, 0) is 14.4 Å². The Balaban J connectivity index is 1.88. The summed E-state index contributed by atoms with van der Waals surface area (Å²) in [5.41, 5.74) is 0.707. The van der Waals surface area contributed by atoms with E-state index in [-0.39, 0.29) is 17.3 Å². The van der Waals surface area contributed by atoms with Gasteiger partial charge in [0.1, 0.15) is 29.7 Å². The third kappa shape index (κ3) is 6.86. The molecule has 3 aromatic rings. The minimum absolute atomic E-state index is 0.224. The molecule has 0 saturated carbocycles. The zero-order valence-corrected chi connectivity index (χ0v) is 25.8. The largest absolute Gasteiger partial charge is 0.495 e. The molecule has 1 aromatic heterocycles. The zero-order chi connectivity index (χ0) is 31.3. The lowest BCUT2D eigenvalue weighted by Gasteiger charge is -2.36. The van der Waals surface area contributed by atoms with Crippen molar-refractivity contribution in [3.8, 4) is 11.5 Å². The van der Waals surface area contributed by atoms with E-state index in [0.29, 0.717) is 41.1 Å². The first kappa shape index (κ1) is 31.6. The van der Waals surface area contributed by atoms with Gasteiger partial charge in [-0.05, 0) is 57.0 Å². The molecule has 0 bridgehead atoms. The van der Waals surface area contributed by atoms with Gasteiger partial charge in [-0.2, -0.15) is 0 Å². The van der Waals surface area contributed by atoms with Gasteiger partial charge < -0.3 is 30.7 Å². The highest BCUT2D eigenvalue weighted by Gasteiger charge is 2.42. The van der Waals surface area contributed by atoms with Crippen molar-refractivity contribution in [3.05, 3.63) is 42.7 Å². The molecule has 1 fully saturated rings. The third-order valence-electron chi connectivity index (χ3n) is 7.56. The van der Waals surface area contributed by atoms with E-state index in [2.05, 4.69) is 31.2 Å². The fourth-order valence-electron chi connectivity index (χ4n) is 4.96. The van der Waals surface area contributed by atoms with E-state index in [1.54, 1.807) is 33.2 Å². The first-order valence-corrected chi connectivity index (χ1v) is 14.3. The number of carbonyl (C=O) groups is 3. The SMILES string of the molecule is CN[C@@H](C)C(=O)N[C@H](C(=O)N(C(=O)[C@@H]1CCCN1)c1cc2c(Nc3ccccc3OC)ncnc2cc1OC)C(C)(C)C. The fourth-order valence-corrected chi connectivity index (χ4v) is 4.96. The number of benzene rings is 2. The van der Waals surface area contributed by atoms with Crippen LogP contribution in [0.4, 0.5) is 17.2 Å². The van der Waals surface area contributed by atoms with Crippen LogP contribution >= 0.6 is 0 Å². The van der Waals surface area contributed by atoms with Crippen molar-refractivity contribution in [1.82, 2.24) is 25.9 Å². The average Bonchev–Trinajstić information content (AvgIpc) is 3.54. The van der Waals surface area contributed by atoms with Crippen LogP contribution < -0.4 is 35.6 Å². The van der Waals surface area contributed by atoms with Gasteiger partial charge in [-0.1, -0.05) is 32.9 Å². The van der Waals surface area contributed by atoms with Crippen LogP contribution in [0.5, 0.6) is 11.5 Å². The lowest BCUT2D eigenvalue weighted by molar-refractivity contribution is -0.134. The molecular weight excluding hydrogens is 550 g/mol. The van der Waals surface area contributed by atoms with E-state index in [4.69, 9.17) is 9.47 Å². The van der Waals surface area contributed by atoms with Gasteiger partial charge in [0, 0.05) is 11.5 Å².